The molecule has 5 unspecified atom stereocenters. The van der Waals surface area contributed by atoms with E-state index in [4.69, 9.17) is 0 Å². The summed E-state index contributed by atoms with van der Waals surface area (Å²) in [5, 5.41) is 3.51. The molecule has 2 aliphatic carbocycles. The molecule has 5 atom stereocenters. The molecule has 2 saturated carbocycles. The molecule has 21 heavy (non-hydrogen) atoms. The largest absolute Gasteiger partial charge is 0.318 e. The van der Waals surface area contributed by atoms with Crippen LogP contribution < -0.4 is 5.32 Å². The van der Waals surface area contributed by atoms with Gasteiger partial charge in [-0.25, -0.2) is 0 Å². The SMILES string of the molecule is Cc1cccc(C2NC(C)C(=O)N2C2CC3CCC2C3)c1. The molecule has 1 N–H and O–H groups in total. The highest BCUT2D eigenvalue weighted by Crippen LogP contribution is 2.49. The topological polar surface area (TPSA) is 32.3 Å². The molecule has 0 radical (unpaired) electrons. The van der Waals surface area contributed by atoms with Crippen molar-refractivity contribution in [1.29, 1.82) is 0 Å². The lowest BCUT2D eigenvalue weighted by atomic mass is 9.93. The van der Waals surface area contributed by atoms with Gasteiger partial charge in [-0.3, -0.25) is 10.1 Å². The number of carbonyl (C=O) groups is 1. The maximum absolute atomic E-state index is 12.7. The van der Waals surface area contributed by atoms with Gasteiger partial charge in [0, 0.05) is 6.04 Å². The third-order valence-corrected chi connectivity index (χ3v) is 5.73. The summed E-state index contributed by atoms with van der Waals surface area (Å²) < 4.78 is 0. The Balaban J connectivity index is 1.67. The van der Waals surface area contributed by atoms with Crippen molar-refractivity contribution in [2.45, 2.75) is 57.8 Å². The minimum Gasteiger partial charge on any atom is -0.318 e. The molecule has 1 aromatic carbocycles. The summed E-state index contributed by atoms with van der Waals surface area (Å²) in [6.45, 7) is 4.11. The smallest absolute Gasteiger partial charge is 0.241 e. The average molecular weight is 284 g/mol. The van der Waals surface area contributed by atoms with Gasteiger partial charge in [0.2, 0.25) is 5.91 Å². The zero-order valence-corrected chi connectivity index (χ0v) is 12.9. The van der Waals surface area contributed by atoms with Crippen molar-refractivity contribution in [3.05, 3.63) is 35.4 Å². The standard InChI is InChI=1S/C18H24N2O/c1-11-4-3-5-15(8-11)17-19-12(2)18(21)20(17)16-10-13-6-7-14(16)9-13/h3-5,8,12-14,16-17,19H,6-7,9-10H2,1-2H3. The average Bonchev–Trinajstić information content (AvgIpc) is 3.15. The van der Waals surface area contributed by atoms with Crippen LogP contribution in [0.3, 0.4) is 0 Å². The highest BCUT2D eigenvalue weighted by atomic mass is 16.2. The van der Waals surface area contributed by atoms with E-state index < -0.39 is 0 Å². The summed E-state index contributed by atoms with van der Waals surface area (Å²) in [4.78, 5) is 14.9. The number of benzene rings is 1. The van der Waals surface area contributed by atoms with Gasteiger partial charge in [0.15, 0.2) is 0 Å². The second kappa shape index (κ2) is 4.84. The fraction of sp³-hybridized carbons (Fsp3) is 0.611. The number of hydrogen-bond acceptors (Lipinski definition) is 2. The van der Waals surface area contributed by atoms with Gasteiger partial charge in [-0.05, 0) is 50.5 Å². The zero-order valence-electron chi connectivity index (χ0n) is 12.9. The molecule has 3 heteroatoms. The summed E-state index contributed by atoms with van der Waals surface area (Å²) in [5.41, 5.74) is 2.49. The van der Waals surface area contributed by atoms with E-state index in [1.807, 2.05) is 6.92 Å². The van der Waals surface area contributed by atoms with Gasteiger partial charge in [-0.2, -0.15) is 0 Å². The van der Waals surface area contributed by atoms with E-state index in [-0.39, 0.29) is 12.2 Å². The lowest BCUT2D eigenvalue weighted by Crippen LogP contribution is -2.43. The van der Waals surface area contributed by atoms with Crippen molar-refractivity contribution >= 4 is 5.91 Å². The summed E-state index contributed by atoms with van der Waals surface area (Å²) in [7, 11) is 0. The van der Waals surface area contributed by atoms with Crippen LogP contribution in [-0.2, 0) is 4.79 Å². The molecule has 0 aromatic heterocycles. The van der Waals surface area contributed by atoms with Gasteiger partial charge in [-0.15, -0.1) is 0 Å². The molecule has 1 aliphatic heterocycles. The first kappa shape index (κ1) is 13.3. The Labute approximate surface area is 126 Å². The number of nitrogens with zero attached hydrogens (tertiary/aromatic N) is 1. The van der Waals surface area contributed by atoms with Crippen LogP contribution in [0.4, 0.5) is 0 Å². The lowest BCUT2D eigenvalue weighted by Gasteiger charge is -2.35. The minimum atomic E-state index is -0.0605. The summed E-state index contributed by atoms with van der Waals surface area (Å²) in [6.07, 6.45) is 5.31. The van der Waals surface area contributed by atoms with E-state index in [1.54, 1.807) is 0 Å². The monoisotopic (exact) mass is 284 g/mol. The Kier molecular flexibility index (Phi) is 3.07. The molecular weight excluding hydrogens is 260 g/mol. The first-order valence-electron chi connectivity index (χ1n) is 8.28. The summed E-state index contributed by atoms with van der Waals surface area (Å²) in [5.74, 6) is 1.89. The number of aryl methyl sites for hydroxylation is 1. The van der Waals surface area contributed by atoms with E-state index in [2.05, 4.69) is 41.4 Å². The summed E-state index contributed by atoms with van der Waals surface area (Å²) >= 11 is 0. The molecule has 3 nitrogen and oxygen atoms in total. The Morgan fingerprint density at radius 1 is 1.24 bits per heavy atom. The maximum Gasteiger partial charge on any atom is 0.241 e. The minimum absolute atomic E-state index is 0.0605. The number of rotatable bonds is 2. The van der Waals surface area contributed by atoms with E-state index in [9.17, 15) is 4.79 Å². The quantitative estimate of drug-likeness (QED) is 0.905. The van der Waals surface area contributed by atoms with Crippen LogP contribution in [-0.4, -0.2) is 22.9 Å². The van der Waals surface area contributed by atoms with Gasteiger partial charge >= 0.3 is 0 Å². The molecule has 1 heterocycles. The Hall–Kier alpha value is -1.35. The highest BCUT2D eigenvalue weighted by Gasteiger charge is 2.49. The number of fused-ring (bicyclic) bond motifs is 2. The number of nitrogens with one attached hydrogen (secondary N) is 1. The van der Waals surface area contributed by atoms with Crippen LogP contribution in [0.1, 0.15) is 49.9 Å². The first-order valence-corrected chi connectivity index (χ1v) is 8.28. The molecule has 1 amide bonds. The predicted molar refractivity (Wildman–Crippen MR) is 82.6 cm³/mol. The molecular formula is C18H24N2O. The van der Waals surface area contributed by atoms with Crippen LogP contribution in [0.2, 0.25) is 0 Å². The number of carbonyl (C=O) groups excluding carboxylic acids is 1. The van der Waals surface area contributed by atoms with Crippen LogP contribution in [0, 0.1) is 18.8 Å². The second-order valence-corrected chi connectivity index (χ2v) is 7.19. The van der Waals surface area contributed by atoms with Crippen LogP contribution in [0.5, 0.6) is 0 Å². The third-order valence-electron chi connectivity index (χ3n) is 5.73. The van der Waals surface area contributed by atoms with Crippen molar-refractivity contribution < 1.29 is 4.79 Å². The van der Waals surface area contributed by atoms with E-state index in [0.29, 0.717) is 11.9 Å². The van der Waals surface area contributed by atoms with E-state index in [0.717, 1.165) is 11.8 Å². The maximum atomic E-state index is 12.7. The fourth-order valence-corrected chi connectivity index (χ4v) is 4.74. The van der Waals surface area contributed by atoms with Crippen molar-refractivity contribution in [3.63, 3.8) is 0 Å². The molecule has 1 saturated heterocycles. The molecule has 112 valence electrons. The molecule has 1 aromatic rings. The third kappa shape index (κ3) is 2.10. The number of amides is 1. The van der Waals surface area contributed by atoms with Crippen molar-refractivity contribution in [2.24, 2.45) is 11.8 Å². The Bertz CT molecular complexity index is 570. The normalized spacial score (nSPS) is 38.5. The van der Waals surface area contributed by atoms with Gasteiger partial charge in [0.25, 0.3) is 0 Å². The van der Waals surface area contributed by atoms with Gasteiger partial charge in [0.1, 0.15) is 6.17 Å². The Morgan fingerprint density at radius 2 is 2.10 bits per heavy atom. The predicted octanol–water partition coefficient (Wildman–Crippen LogP) is 3.00. The van der Waals surface area contributed by atoms with Crippen molar-refractivity contribution in [3.8, 4) is 0 Å². The summed E-state index contributed by atoms with van der Waals surface area (Å²) in [6, 6.07) is 8.97. The lowest BCUT2D eigenvalue weighted by molar-refractivity contribution is -0.133. The van der Waals surface area contributed by atoms with Gasteiger partial charge in [-0.1, -0.05) is 36.2 Å². The molecule has 3 fully saturated rings. The molecule has 0 spiro atoms. The molecule has 2 bridgehead atoms. The number of hydrogen-bond donors (Lipinski definition) is 1. The highest BCUT2D eigenvalue weighted by molar-refractivity contribution is 5.84. The van der Waals surface area contributed by atoms with Crippen molar-refractivity contribution in [2.75, 3.05) is 0 Å². The van der Waals surface area contributed by atoms with Gasteiger partial charge in [0.05, 0.1) is 6.04 Å². The second-order valence-electron chi connectivity index (χ2n) is 7.19. The first-order chi connectivity index (χ1) is 10.1. The zero-order chi connectivity index (χ0) is 14.6. The van der Waals surface area contributed by atoms with Crippen LogP contribution in [0.15, 0.2) is 24.3 Å². The molecule has 3 aliphatic rings. The Morgan fingerprint density at radius 3 is 2.76 bits per heavy atom. The van der Waals surface area contributed by atoms with Crippen LogP contribution >= 0.6 is 0 Å². The van der Waals surface area contributed by atoms with Gasteiger partial charge < -0.3 is 4.90 Å². The van der Waals surface area contributed by atoms with Crippen molar-refractivity contribution in [1.82, 2.24) is 10.2 Å². The fourth-order valence-electron chi connectivity index (χ4n) is 4.74. The van der Waals surface area contributed by atoms with E-state index in [1.165, 1.54) is 36.8 Å². The van der Waals surface area contributed by atoms with Crippen LogP contribution in [0.25, 0.3) is 0 Å². The molecule has 4 rings (SSSR count). The van der Waals surface area contributed by atoms with E-state index >= 15 is 0 Å².